The van der Waals surface area contributed by atoms with Gasteiger partial charge in [0.15, 0.2) is 5.65 Å². The number of alkyl halides is 3. The van der Waals surface area contributed by atoms with Gasteiger partial charge < -0.3 is 4.74 Å². The summed E-state index contributed by atoms with van der Waals surface area (Å²) in [7, 11) is 0. The van der Waals surface area contributed by atoms with Crippen molar-refractivity contribution in [1.82, 2.24) is 24.7 Å². The molecule has 0 saturated carbocycles. The summed E-state index contributed by atoms with van der Waals surface area (Å²) in [5.74, 6) is 0.145. The molecule has 0 aromatic carbocycles. The van der Waals surface area contributed by atoms with Gasteiger partial charge in [-0.05, 0) is 41.9 Å². The fraction of sp³-hybridized carbons (Fsp3) is 0.333. The van der Waals surface area contributed by atoms with Crippen molar-refractivity contribution in [1.29, 1.82) is 0 Å². The van der Waals surface area contributed by atoms with Gasteiger partial charge in [-0.1, -0.05) is 11.6 Å². The van der Waals surface area contributed by atoms with Gasteiger partial charge in [0.05, 0.1) is 17.6 Å². The molecule has 0 aliphatic rings. The smallest absolute Gasteiger partial charge is 0.404 e. The lowest BCUT2D eigenvalue weighted by Crippen LogP contribution is -2.17. The van der Waals surface area contributed by atoms with Crippen LogP contribution in [0, 0.1) is 6.92 Å². The number of aromatic nitrogens is 5. The maximum atomic E-state index is 12.2. The van der Waals surface area contributed by atoms with Gasteiger partial charge in [0, 0.05) is 12.1 Å². The van der Waals surface area contributed by atoms with Crippen LogP contribution in [0.25, 0.3) is 11.0 Å². The normalized spacial score (nSPS) is 13.2. The highest BCUT2D eigenvalue weighted by Gasteiger charge is 2.31. The molecule has 0 fully saturated rings. The summed E-state index contributed by atoms with van der Waals surface area (Å²) in [6.45, 7) is 3.62. The van der Waals surface area contributed by atoms with Gasteiger partial charge in [0.2, 0.25) is 0 Å². The van der Waals surface area contributed by atoms with E-state index in [1.165, 1.54) is 12.1 Å². The van der Waals surface area contributed by atoms with Crippen molar-refractivity contribution in [3.05, 3.63) is 39.6 Å². The number of hydrogen-bond acceptors (Lipinski definition) is 5. The highest BCUT2D eigenvalue weighted by molar-refractivity contribution is 9.10. The third kappa shape index (κ3) is 4.07. The van der Waals surface area contributed by atoms with Crippen molar-refractivity contribution in [2.75, 3.05) is 0 Å². The molecular formula is C15H12BrClF3N5O. The fourth-order valence-corrected chi connectivity index (χ4v) is 3.43. The Morgan fingerprint density at radius 2 is 2.04 bits per heavy atom. The first-order valence-corrected chi connectivity index (χ1v) is 8.59. The Balaban J connectivity index is 1.84. The van der Waals surface area contributed by atoms with Gasteiger partial charge in [0.25, 0.3) is 0 Å². The van der Waals surface area contributed by atoms with E-state index < -0.39 is 6.36 Å². The lowest BCUT2D eigenvalue weighted by molar-refractivity contribution is -0.274. The molecule has 0 amide bonds. The van der Waals surface area contributed by atoms with Crippen LogP contribution in [0.5, 0.6) is 5.75 Å². The third-order valence-electron chi connectivity index (χ3n) is 3.53. The number of hydrogen-bond donors (Lipinski definition) is 0. The molecule has 138 valence electrons. The lowest BCUT2D eigenvalue weighted by atomic mass is 10.1. The van der Waals surface area contributed by atoms with Crippen LogP contribution >= 0.6 is 27.5 Å². The second-order valence-corrected chi connectivity index (χ2v) is 6.69. The Hall–Kier alpha value is -1.94. The molecule has 0 bridgehead atoms. The van der Waals surface area contributed by atoms with Crippen molar-refractivity contribution in [3.63, 3.8) is 0 Å². The van der Waals surface area contributed by atoms with E-state index in [1.807, 2.05) is 6.92 Å². The predicted molar refractivity (Wildman–Crippen MR) is 92.1 cm³/mol. The fourth-order valence-electron chi connectivity index (χ4n) is 2.48. The van der Waals surface area contributed by atoms with Crippen LogP contribution in [-0.4, -0.2) is 31.1 Å². The standard InChI is InChI=1S/C15H12BrClF3N5O/c1-7(5-9-3-4-10(6-21-9)26-15(18,19)20)25-14-11(12(16)24-25)13(17)22-8(2)23-14/h3-4,6-7H,5H2,1-2H3. The molecule has 0 saturated heterocycles. The molecule has 0 spiro atoms. The van der Waals surface area contributed by atoms with Gasteiger partial charge >= 0.3 is 6.36 Å². The van der Waals surface area contributed by atoms with Crippen molar-refractivity contribution >= 4 is 38.6 Å². The molecule has 0 aliphatic heterocycles. The molecule has 3 aromatic rings. The quantitative estimate of drug-likeness (QED) is 0.542. The Morgan fingerprint density at radius 3 is 2.65 bits per heavy atom. The molecule has 6 nitrogen and oxygen atoms in total. The van der Waals surface area contributed by atoms with Gasteiger partial charge in [-0.25, -0.2) is 14.6 Å². The van der Waals surface area contributed by atoms with Gasteiger partial charge in [-0.15, -0.1) is 13.2 Å². The minimum atomic E-state index is -4.74. The van der Waals surface area contributed by atoms with E-state index in [-0.39, 0.29) is 11.8 Å². The molecule has 0 radical (unpaired) electrons. The largest absolute Gasteiger partial charge is 0.573 e. The van der Waals surface area contributed by atoms with Crippen LogP contribution < -0.4 is 4.74 Å². The van der Waals surface area contributed by atoms with Gasteiger partial charge in [0.1, 0.15) is 21.3 Å². The Morgan fingerprint density at radius 1 is 1.31 bits per heavy atom. The highest BCUT2D eigenvalue weighted by atomic mass is 79.9. The maximum Gasteiger partial charge on any atom is 0.573 e. The summed E-state index contributed by atoms with van der Waals surface area (Å²) < 4.78 is 42.6. The number of halogens is 5. The molecule has 26 heavy (non-hydrogen) atoms. The zero-order valence-corrected chi connectivity index (χ0v) is 15.9. The number of pyridine rings is 1. The molecule has 0 aliphatic carbocycles. The summed E-state index contributed by atoms with van der Waals surface area (Å²) >= 11 is 9.51. The SMILES string of the molecule is Cc1nc(Cl)c2c(Br)nn(C(C)Cc3ccc(OC(F)(F)F)cn3)c2n1. The van der Waals surface area contributed by atoms with E-state index in [2.05, 4.69) is 40.7 Å². The summed E-state index contributed by atoms with van der Waals surface area (Å²) in [6, 6.07) is 2.53. The Kier molecular flexibility index (Phi) is 5.07. The van der Waals surface area contributed by atoms with Crippen LogP contribution in [0.2, 0.25) is 5.15 Å². The monoisotopic (exact) mass is 449 g/mol. The topological polar surface area (TPSA) is 65.7 Å². The third-order valence-corrected chi connectivity index (χ3v) is 4.36. The van der Waals surface area contributed by atoms with Crippen molar-refractivity contribution in [2.45, 2.75) is 32.7 Å². The zero-order valence-electron chi connectivity index (χ0n) is 13.6. The molecule has 3 rings (SSSR count). The summed E-state index contributed by atoms with van der Waals surface area (Å²) in [5.41, 5.74) is 1.16. The van der Waals surface area contributed by atoms with E-state index >= 15 is 0 Å². The second kappa shape index (κ2) is 6.99. The summed E-state index contributed by atoms with van der Waals surface area (Å²) in [4.78, 5) is 12.5. The molecule has 1 atom stereocenters. The van der Waals surface area contributed by atoms with E-state index in [0.29, 0.717) is 38.7 Å². The van der Waals surface area contributed by atoms with Crippen molar-refractivity contribution in [3.8, 4) is 5.75 Å². The van der Waals surface area contributed by atoms with Crippen LogP contribution in [0.3, 0.4) is 0 Å². The van der Waals surface area contributed by atoms with Crippen molar-refractivity contribution in [2.24, 2.45) is 0 Å². The molecular weight excluding hydrogens is 439 g/mol. The Labute approximate surface area is 159 Å². The Bertz CT molecular complexity index is 945. The maximum absolute atomic E-state index is 12.2. The average Bonchev–Trinajstić information content (AvgIpc) is 2.85. The molecule has 0 N–H and O–H groups in total. The number of aryl methyl sites for hydroxylation is 1. The van der Waals surface area contributed by atoms with Gasteiger partial charge in [-0.2, -0.15) is 5.10 Å². The van der Waals surface area contributed by atoms with Crippen LogP contribution in [0.1, 0.15) is 24.5 Å². The molecule has 11 heteroatoms. The highest BCUT2D eigenvalue weighted by Crippen LogP contribution is 2.30. The van der Waals surface area contributed by atoms with Crippen LogP contribution in [0.4, 0.5) is 13.2 Å². The minimum absolute atomic E-state index is 0.170. The van der Waals surface area contributed by atoms with Crippen LogP contribution in [-0.2, 0) is 6.42 Å². The van der Waals surface area contributed by atoms with Crippen LogP contribution in [0.15, 0.2) is 22.9 Å². The van der Waals surface area contributed by atoms with E-state index in [4.69, 9.17) is 11.6 Å². The van der Waals surface area contributed by atoms with E-state index in [9.17, 15) is 13.2 Å². The number of nitrogens with zero attached hydrogens (tertiary/aromatic N) is 5. The first kappa shape index (κ1) is 18.8. The predicted octanol–water partition coefficient (Wildman–Crippen LogP) is 4.65. The zero-order chi connectivity index (χ0) is 19.1. The first-order valence-electron chi connectivity index (χ1n) is 7.42. The van der Waals surface area contributed by atoms with Crippen molar-refractivity contribution < 1.29 is 17.9 Å². The number of rotatable bonds is 4. The summed E-state index contributed by atoms with van der Waals surface area (Å²) in [6.07, 6.45) is -3.28. The lowest BCUT2D eigenvalue weighted by Gasteiger charge is -2.13. The molecule has 3 heterocycles. The number of ether oxygens (including phenoxy) is 1. The number of fused-ring (bicyclic) bond motifs is 1. The molecule has 1 unspecified atom stereocenters. The molecule has 3 aromatic heterocycles. The van der Waals surface area contributed by atoms with Gasteiger partial charge in [-0.3, -0.25) is 4.98 Å². The summed E-state index contributed by atoms with van der Waals surface area (Å²) in [5, 5.41) is 5.30. The average molecular weight is 451 g/mol. The first-order chi connectivity index (χ1) is 12.1. The second-order valence-electron chi connectivity index (χ2n) is 5.58. The van der Waals surface area contributed by atoms with E-state index in [0.717, 1.165) is 6.20 Å². The minimum Gasteiger partial charge on any atom is -0.404 e. The van der Waals surface area contributed by atoms with E-state index in [1.54, 1.807) is 11.6 Å².